The molecule has 0 saturated heterocycles. The molecular weight excluding hydrogens is 328 g/mol. The number of aliphatic carboxylic acids is 1. The van der Waals surface area contributed by atoms with Crippen LogP contribution in [0.15, 0.2) is 0 Å². The third-order valence-electron chi connectivity index (χ3n) is 5.62. The summed E-state index contributed by atoms with van der Waals surface area (Å²) in [5.41, 5.74) is -5.72. The van der Waals surface area contributed by atoms with Crippen LogP contribution < -0.4 is 0 Å². The minimum atomic E-state index is -2.41. The van der Waals surface area contributed by atoms with Crippen LogP contribution in [0.4, 0.5) is 0 Å². The molecule has 0 spiro atoms. The van der Waals surface area contributed by atoms with Crippen LogP contribution in [0, 0.1) is 28.6 Å². The Balaban J connectivity index is 6.73. The Morgan fingerprint density at radius 1 is 1.04 bits per heavy atom. The highest BCUT2D eigenvalue weighted by atomic mass is 16.5. The zero-order valence-corrected chi connectivity index (χ0v) is 16.3. The number of aliphatic hydroxyl groups excluding tert-OH is 2. The van der Waals surface area contributed by atoms with Crippen LogP contribution in [0.2, 0.25) is 0 Å². The molecule has 0 aliphatic rings. The van der Waals surface area contributed by atoms with Gasteiger partial charge < -0.3 is 25.5 Å². The van der Waals surface area contributed by atoms with Gasteiger partial charge in [0.15, 0.2) is 12.1 Å². The summed E-state index contributed by atoms with van der Waals surface area (Å²) in [6.45, 7) is 9.75. The van der Waals surface area contributed by atoms with E-state index in [4.69, 9.17) is 0 Å². The quantitative estimate of drug-likeness (QED) is 0.366. The number of Topliss-reactive ketones (excluding diaryl/α,β-unsaturated/α-hetero) is 1. The predicted molar refractivity (Wildman–Crippen MR) is 92.6 cm³/mol. The first-order chi connectivity index (χ1) is 11.1. The summed E-state index contributed by atoms with van der Waals surface area (Å²) in [4.78, 5) is 25.1. The van der Waals surface area contributed by atoms with Crippen LogP contribution in [0.1, 0.15) is 54.9 Å². The first kappa shape index (κ1) is 24.0. The van der Waals surface area contributed by atoms with Crippen molar-refractivity contribution >= 4 is 11.8 Å². The molecule has 0 aliphatic carbocycles. The van der Waals surface area contributed by atoms with Crippen LogP contribution >= 0.6 is 0 Å². The van der Waals surface area contributed by atoms with Crippen molar-refractivity contribution in [2.45, 2.75) is 66.8 Å². The van der Waals surface area contributed by atoms with Crippen molar-refractivity contribution < 1.29 is 35.1 Å². The summed E-state index contributed by atoms with van der Waals surface area (Å²) in [5, 5.41) is 50.2. The fourth-order valence-electron chi connectivity index (χ4n) is 3.35. The van der Waals surface area contributed by atoms with Gasteiger partial charge in [0.25, 0.3) is 0 Å². The van der Waals surface area contributed by atoms with Gasteiger partial charge in [-0.2, -0.15) is 0 Å². The minimum absolute atomic E-state index is 0.376. The molecule has 0 rings (SSSR count). The Labute approximate surface area is 149 Å². The maximum atomic E-state index is 13.2. The van der Waals surface area contributed by atoms with E-state index in [0.717, 1.165) is 0 Å². The van der Waals surface area contributed by atoms with Gasteiger partial charge in [-0.1, -0.05) is 41.0 Å². The molecule has 0 amide bonds. The minimum Gasteiger partial charge on any atom is -0.481 e. The molecule has 4 atom stereocenters. The molecule has 25 heavy (non-hydrogen) atoms. The van der Waals surface area contributed by atoms with Crippen LogP contribution in [0.5, 0.6) is 0 Å². The lowest BCUT2D eigenvalue weighted by molar-refractivity contribution is -0.208. The zero-order chi connectivity index (χ0) is 20.4. The zero-order valence-electron chi connectivity index (χ0n) is 16.3. The van der Waals surface area contributed by atoms with E-state index in [1.165, 1.54) is 34.6 Å². The van der Waals surface area contributed by atoms with Gasteiger partial charge in [0.05, 0.1) is 12.0 Å². The van der Waals surface area contributed by atoms with Crippen molar-refractivity contribution in [2.75, 3.05) is 6.61 Å². The average Bonchev–Trinajstić information content (AvgIpc) is 2.52. The van der Waals surface area contributed by atoms with Gasteiger partial charge in [0.1, 0.15) is 5.60 Å². The van der Waals surface area contributed by atoms with E-state index in [2.05, 4.69) is 0 Å². The van der Waals surface area contributed by atoms with Crippen molar-refractivity contribution in [3.05, 3.63) is 0 Å². The van der Waals surface area contributed by atoms with Crippen molar-refractivity contribution in [2.24, 2.45) is 28.6 Å². The summed E-state index contributed by atoms with van der Waals surface area (Å²) in [5.74, 6) is -4.59. The number of hydrogen-bond acceptors (Lipinski definition) is 6. The van der Waals surface area contributed by atoms with E-state index in [-0.39, 0.29) is 5.92 Å². The standard InChI is InChI=1S/C18H34O7/c1-8-10(2)12(11(3)13(20)21)18(25,17(6,7)15(23)24)14(22)16(4,5)9-19/h10-13,19-21,25H,8-9H2,1-7H3,(H,23,24). The normalized spacial score (nSPS) is 19.2. The van der Waals surface area contributed by atoms with E-state index in [9.17, 15) is 35.1 Å². The maximum absolute atomic E-state index is 13.2. The number of carbonyl (C=O) groups is 2. The molecule has 4 unspecified atom stereocenters. The van der Waals surface area contributed by atoms with E-state index in [0.29, 0.717) is 6.42 Å². The SMILES string of the molecule is CCC(C)C(C(C)C(O)O)C(O)(C(=O)C(C)(C)CO)C(C)(C)C(=O)O. The summed E-state index contributed by atoms with van der Waals surface area (Å²) in [6, 6.07) is 0. The Hall–Kier alpha value is -1.02. The molecule has 0 heterocycles. The fraction of sp³-hybridized carbons (Fsp3) is 0.889. The van der Waals surface area contributed by atoms with Crippen molar-refractivity contribution in [1.29, 1.82) is 0 Å². The van der Waals surface area contributed by atoms with Crippen molar-refractivity contribution in [3.63, 3.8) is 0 Å². The lowest BCUT2D eigenvalue weighted by Crippen LogP contribution is -2.66. The molecule has 5 N–H and O–H groups in total. The maximum Gasteiger partial charge on any atom is 0.312 e. The van der Waals surface area contributed by atoms with Crippen molar-refractivity contribution in [3.8, 4) is 0 Å². The van der Waals surface area contributed by atoms with Gasteiger partial charge in [0, 0.05) is 17.3 Å². The Morgan fingerprint density at radius 3 is 1.76 bits per heavy atom. The van der Waals surface area contributed by atoms with Gasteiger partial charge in [0.2, 0.25) is 0 Å². The van der Waals surface area contributed by atoms with Gasteiger partial charge in [-0.15, -0.1) is 0 Å². The second kappa shape index (κ2) is 8.12. The average molecular weight is 362 g/mol. The Morgan fingerprint density at radius 2 is 1.48 bits per heavy atom. The first-order valence-corrected chi connectivity index (χ1v) is 8.60. The smallest absolute Gasteiger partial charge is 0.312 e. The lowest BCUT2D eigenvalue weighted by Gasteiger charge is -2.51. The highest BCUT2D eigenvalue weighted by Crippen LogP contribution is 2.48. The summed E-state index contributed by atoms with van der Waals surface area (Å²) >= 11 is 0. The number of hydrogen-bond donors (Lipinski definition) is 5. The fourth-order valence-corrected chi connectivity index (χ4v) is 3.35. The topological polar surface area (TPSA) is 135 Å². The number of carboxylic acids is 1. The molecule has 148 valence electrons. The number of rotatable bonds is 10. The predicted octanol–water partition coefficient (Wildman–Crippen LogP) is 1.02. The third kappa shape index (κ3) is 4.22. The third-order valence-corrected chi connectivity index (χ3v) is 5.62. The van der Waals surface area contributed by atoms with E-state index in [1.807, 2.05) is 6.92 Å². The first-order valence-electron chi connectivity index (χ1n) is 8.60. The number of carbonyl (C=O) groups excluding carboxylic acids is 1. The van der Waals surface area contributed by atoms with Gasteiger partial charge >= 0.3 is 5.97 Å². The summed E-state index contributed by atoms with van der Waals surface area (Å²) in [6.07, 6.45) is -1.34. The molecule has 0 aromatic heterocycles. The molecule has 0 aromatic rings. The second-order valence-electron chi connectivity index (χ2n) is 8.25. The van der Waals surface area contributed by atoms with Gasteiger partial charge in [-0.05, 0) is 19.8 Å². The Kier molecular flexibility index (Phi) is 7.79. The van der Waals surface area contributed by atoms with E-state index >= 15 is 0 Å². The highest BCUT2D eigenvalue weighted by Gasteiger charge is 2.63. The molecule has 0 aliphatic heterocycles. The molecule has 7 nitrogen and oxygen atoms in total. The van der Waals surface area contributed by atoms with Gasteiger partial charge in [-0.25, -0.2) is 0 Å². The van der Waals surface area contributed by atoms with E-state index in [1.54, 1.807) is 6.92 Å². The van der Waals surface area contributed by atoms with Crippen LogP contribution in [-0.4, -0.2) is 55.8 Å². The van der Waals surface area contributed by atoms with Gasteiger partial charge in [-0.3, -0.25) is 9.59 Å². The molecule has 0 aromatic carbocycles. The molecule has 7 heteroatoms. The second-order valence-corrected chi connectivity index (χ2v) is 8.25. The largest absolute Gasteiger partial charge is 0.481 e. The number of ketones is 1. The lowest BCUT2D eigenvalue weighted by atomic mass is 9.55. The van der Waals surface area contributed by atoms with Crippen LogP contribution in [-0.2, 0) is 9.59 Å². The molecule has 0 radical (unpaired) electrons. The Bertz CT molecular complexity index is 484. The van der Waals surface area contributed by atoms with Crippen LogP contribution in [0.3, 0.4) is 0 Å². The molecule has 0 fully saturated rings. The number of aliphatic hydroxyl groups is 4. The van der Waals surface area contributed by atoms with E-state index < -0.39 is 52.9 Å². The molecular formula is C18H34O7. The number of carboxylic acid groups (broad SMARTS) is 1. The molecule has 0 saturated carbocycles. The molecule has 0 bridgehead atoms. The summed E-state index contributed by atoms with van der Waals surface area (Å²) in [7, 11) is 0. The van der Waals surface area contributed by atoms with Crippen molar-refractivity contribution in [1.82, 2.24) is 0 Å². The highest BCUT2D eigenvalue weighted by molar-refractivity contribution is 5.97. The van der Waals surface area contributed by atoms with Crippen LogP contribution in [0.25, 0.3) is 0 Å². The monoisotopic (exact) mass is 362 g/mol. The summed E-state index contributed by atoms with van der Waals surface area (Å²) < 4.78 is 0.